The van der Waals surface area contributed by atoms with Crippen LogP contribution < -0.4 is 10.6 Å². The van der Waals surface area contributed by atoms with E-state index in [0.717, 1.165) is 33.5 Å². The quantitative estimate of drug-likeness (QED) is 0.576. The zero-order valence-electron chi connectivity index (χ0n) is 15.2. The SMILES string of the molecule is Cc1nc(-c2ccc(O)cc2)sc1CNc1ccnc(NCC(C)C)n1. The topological polar surface area (TPSA) is 83.0 Å². The normalized spacial score (nSPS) is 10.9. The molecule has 0 unspecified atom stereocenters. The standard InChI is InChI=1S/C19H23N5OS/c1-12(2)10-22-19-20-9-8-17(24-19)21-11-16-13(3)23-18(26-16)14-4-6-15(25)7-5-14/h4-9,12,25H,10-11H2,1-3H3,(H2,20,21,22,24). The Labute approximate surface area is 157 Å². The van der Waals surface area contributed by atoms with Crippen LogP contribution in [0.3, 0.4) is 0 Å². The van der Waals surface area contributed by atoms with Crippen LogP contribution in [0.1, 0.15) is 24.4 Å². The van der Waals surface area contributed by atoms with Crippen molar-refractivity contribution >= 4 is 23.1 Å². The predicted octanol–water partition coefficient (Wildman–Crippen LogP) is 4.29. The van der Waals surface area contributed by atoms with E-state index in [1.165, 1.54) is 0 Å². The highest BCUT2D eigenvalue weighted by atomic mass is 32.1. The van der Waals surface area contributed by atoms with Crippen molar-refractivity contribution < 1.29 is 5.11 Å². The molecule has 2 aromatic heterocycles. The number of hydrogen-bond acceptors (Lipinski definition) is 7. The third kappa shape index (κ3) is 4.70. The van der Waals surface area contributed by atoms with Gasteiger partial charge < -0.3 is 15.7 Å². The van der Waals surface area contributed by atoms with Crippen LogP contribution in [-0.2, 0) is 6.54 Å². The summed E-state index contributed by atoms with van der Waals surface area (Å²) in [6, 6.07) is 8.97. The van der Waals surface area contributed by atoms with Gasteiger partial charge in [0, 0.05) is 23.2 Å². The molecule has 3 aromatic rings. The number of hydrogen-bond donors (Lipinski definition) is 3. The van der Waals surface area contributed by atoms with Crippen molar-refractivity contribution in [1.82, 2.24) is 15.0 Å². The number of phenolic OH excluding ortho intramolecular Hbond substituents is 1. The van der Waals surface area contributed by atoms with Gasteiger partial charge in [0.2, 0.25) is 5.95 Å². The fourth-order valence-electron chi connectivity index (χ4n) is 2.33. The highest BCUT2D eigenvalue weighted by Crippen LogP contribution is 2.29. The van der Waals surface area contributed by atoms with E-state index in [2.05, 4.69) is 39.4 Å². The second kappa shape index (κ2) is 8.14. The third-order valence-corrected chi connectivity index (χ3v) is 4.97. The maximum Gasteiger partial charge on any atom is 0.224 e. The molecule has 0 saturated carbocycles. The van der Waals surface area contributed by atoms with Crippen molar-refractivity contribution in [1.29, 1.82) is 0 Å². The average Bonchev–Trinajstić information content (AvgIpc) is 3.00. The molecule has 0 saturated heterocycles. The van der Waals surface area contributed by atoms with E-state index < -0.39 is 0 Å². The minimum atomic E-state index is 0.259. The first-order valence-electron chi connectivity index (χ1n) is 8.58. The van der Waals surface area contributed by atoms with Gasteiger partial charge >= 0.3 is 0 Å². The molecule has 2 heterocycles. The number of thiazole rings is 1. The summed E-state index contributed by atoms with van der Waals surface area (Å²) in [4.78, 5) is 14.5. The Balaban J connectivity index is 1.66. The van der Waals surface area contributed by atoms with Crippen molar-refractivity contribution in [3.8, 4) is 16.3 Å². The number of nitrogens with zero attached hydrogens (tertiary/aromatic N) is 3. The lowest BCUT2D eigenvalue weighted by Gasteiger charge is -2.09. The fraction of sp³-hybridized carbons (Fsp3) is 0.316. The third-order valence-electron chi connectivity index (χ3n) is 3.76. The minimum absolute atomic E-state index is 0.259. The summed E-state index contributed by atoms with van der Waals surface area (Å²) in [6.07, 6.45) is 1.75. The number of aryl methyl sites for hydroxylation is 1. The molecule has 0 fully saturated rings. The maximum absolute atomic E-state index is 9.42. The van der Waals surface area contributed by atoms with Crippen LogP contribution in [0.5, 0.6) is 5.75 Å². The number of anilines is 2. The monoisotopic (exact) mass is 369 g/mol. The molecular formula is C19H23N5OS. The fourth-order valence-corrected chi connectivity index (χ4v) is 3.34. The molecule has 0 spiro atoms. The van der Waals surface area contributed by atoms with Crippen LogP contribution in [0.25, 0.3) is 10.6 Å². The summed E-state index contributed by atoms with van der Waals surface area (Å²) >= 11 is 1.64. The summed E-state index contributed by atoms with van der Waals surface area (Å²) in [5.74, 6) is 2.21. The van der Waals surface area contributed by atoms with Gasteiger partial charge in [0.25, 0.3) is 0 Å². The molecule has 0 aliphatic heterocycles. The molecule has 136 valence electrons. The summed E-state index contributed by atoms with van der Waals surface area (Å²) in [6.45, 7) is 7.79. The largest absolute Gasteiger partial charge is 0.508 e. The lowest BCUT2D eigenvalue weighted by atomic mass is 10.2. The van der Waals surface area contributed by atoms with Gasteiger partial charge in [-0.3, -0.25) is 0 Å². The zero-order valence-corrected chi connectivity index (χ0v) is 16.0. The number of benzene rings is 1. The van der Waals surface area contributed by atoms with Crippen LogP contribution in [0.4, 0.5) is 11.8 Å². The van der Waals surface area contributed by atoms with Gasteiger partial charge in [-0.05, 0) is 43.2 Å². The van der Waals surface area contributed by atoms with E-state index >= 15 is 0 Å². The molecule has 0 radical (unpaired) electrons. The summed E-state index contributed by atoms with van der Waals surface area (Å²) in [5, 5.41) is 16.9. The van der Waals surface area contributed by atoms with E-state index in [0.29, 0.717) is 18.4 Å². The number of rotatable bonds is 7. The maximum atomic E-state index is 9.42. The Bertz CT molecular complexity index is 861. The van der Waals surface area contributed by atoms with E-state index in [1.54, 1.807) is 29.7 Å². The summed E-state index contributed by atoms with van der Waals surface area (Å²) in [7, 11) is 0. The first kappa shape index (κ1) is 18.1. The second-order valence-corrected chi connectivity index (χ2v) is 7.55. The van der Waals surface area contributed by atoms with Gasteiger partial charge in [0.15, 0.2) is 0 Å². The van der Waals surface area contributed by atoms with Crippen molar-refractivity contribution in [2.45, 2.75) is 27.3 Å². The smallest absolute Gasteiger partial charge is 0.224 e. The minimum Gasteiger partial charge on any atom is -0.508 e. The molecule has 0 aliphatic rings. The molecule has 26 heavy (non-hydrogen) atoms. The van der Waals surface area contributed by atoms with Gasteiger partial charge in [0.1, 0.15) is 16.6 Å². The second-order valence-electron chi connectivity index (χ2n) is 6.47. The first-order valence-corrected chi connectivity index (χ1v) is 9.39. The summed E-state index contributed by atoms with van der Waals surface area (Å²) in [5.41, 5.74) is 2.00. The Morgan fingerprint density at radius 3 is 2.58 bits per heavy atom. The van der Waals surface area contributed by atoms with E-state index in [4.69, 9.17) is 0 Å². The van der Waals surface area contributed by atoms with Gasteiger partial charge in [-0.2, -0.15) is 4.98 Å². The van der Waals surface area contributed by atoms with Crippen molar-refractivity contribution in [3.05, 3.63) is 47.1 Å². The van der Waals surface area contributed by atoms with Crippen molar-refractivity contribution in [3.63, 3.8) is 0 Å². The van der Waals surface area contributed by atoms with Gasteiger partial charge in [-0.1, -0.05) is 13.8 Å². The number of nitrogens with one attached hydrogen (secondary N) is 2. The molecule has 3 N–H and O–H groups in total. The van der Waals surface area contributed by atoms with E-state index in [1.807, 2.05) is 25.1 Å². The van der Waals surface area contributed by atoms with Crippen LogP contribution in [0.2, 0.25) is 0 Å². The van der Waals surface area contributed by atoms with Gasteiger partial charge in [0.05, 0.1) is 12.2 Å². The van der Waals surface area contributed by atoms with E-state index in [9.17, 15) is 5.11 Å². The van der Waals surface area contributed by atoms with Crippen molar-refractivity contribution in [2.24, 2.45) is 5.92 Å². The van der Waals surface area contributed by atoms with Crippen LogP contribution >= 0.6 is 11.3 Å². The van der Waals surface area contributed by atoms with Crippen LogP contribution in [-0.4, -0.2) is 26.6 Å². The van der Waals surface area contributed by atoms with Crippen LogP contribution in [0.15, 0.2) is 36.5 Å². The summed E-state index contributed by atoms with van der Waals surface area (Å²) < 4.78 is 0. The Hall–Kier alpha value is -2.67. The van der Waals surface area contributed by atoms with E-state index in [-0.39, 0.29) is 5.75 Å². The Morgan fingerprint density at radius 1 is 1.08 bits per heavy atom. The molecule has 3 rings (SSSR count). The highest BCUT2D eigenvalue weighted by molar-refractivity contribution is 7.15. The van der Waals surface area contributed by atoms with Crippen LogP contribution in [0, 0.1) is 12.8 Å². The molecule has 6 nitrogen and oxygen atoms in total. The number of phenols is 1. The average molecular weight is 369 g/mol. The lowest BCUT2D eigenvalue weighted by Crippen LogP contribution is -2.11. The predicted molar refractivity (Wildman–Crippen MR) is 107 cm³/mol. The Kier molecular flexibility index (Phi) is 5.68. The highest BCUT2D eigenvalue weighted by Gasteiger charge is 2.10. The zero-order chi connectivity index (χ0) is 18.5. The number of aromatic nitrogens is 3. The molecule has 0 amide bonds. The molecule has 0 bridgehead atoms. The molecule has 1 aromatic carbocycles. The van der Waals surface area contributed by atoms with Gasteiger partial charge in [-0.25, -0.2) is 9.97 Å². The Morgan fingerprint density at radius 2 is 1.85 bits per heavy atom. The van der Waals surface area contributed by atoms with Crippen molar-refractivity contribution in [2.75, 3.05) is 17.2 Å². The number of aromatic hydroxyl groups is 1. The molecular weight excluding hydrogens is 346 g/mol. The first-order chi connectivity index (χ1) is 12.5. The molecule has 0 aliphatic carbocycles. The lowest BCUT2D eigenvalue weighted by molar-refractivity contribution is 0.475. The molecule has 0 atom stereocenters. The molecule has 7 heteroatoms. The van der Waals surface area contributed by atoms with Gasteiger partial charge in [-0.15, -0.1) is 11.3 Å².